The summed E-state index contributed by atoms with van der Waals surface area (Å²) in [5.41, 5.74) is 3.88. The Morgan fingerprint density at radius 2 is 1.96 bits per heavy atom. The van der Waals surface area contributed by atoms with Crippen LogP contribution in [0.4, 0.5) is 11.5 Å². The van der Waals surface area contributed by atoms with Crippen molar-refractivity contribution in [3.05, 3.63) is 71.5 Å². The van der Waals surface area contributed by atoms with Gasteiger partial charge in [0.05, 0.1) is 17.6 Å². The molecule has 2 N–H and O–H groups in total. The summed E-state index contributed by atoms with van der Waals surface area (Å²) in [7, 11) is 0. The standard InChI is InChI=1S/C21H17ClN4O2/c1-2-28-21(27)14-8-6-13(7-9-14)18-11-17-19(23-12-24-20(17)26-18)25-16-5-3-4-15(22)10-16/h3-12H,2H2,1H3,(H2,23,24,25,26). The fourth-order valence-electron chi connectivity index (χ4n) is 2.90. The number of aromatic nitrogens is 3. The number of carbonyl (C=O) groups excluding carboxylic acids is 1. The minimum atomic E-state index is -0.329. The van der Waals surface area contributed by atoms with Crippen LogP contribution < -0.4 is 5.32 Å². The maximum Gasteiger partial charge on any atom is 0.338 e. The summed E-state index contributed by atoms with van der Waals surface area (Å²) in [6, 6.07) is 16.6. The second kappa shape index (κ2) is 7.70. The molecule has 0 fully saturated rings. The van der Waals surface area contributed by atoms with Gasteiger partial charge >= 0.3 is 5.97 Å². The Morgan fingerprint density at radius 1 is 1.14 bits per heavy atom. The topological polar surface area (TPSA) is 79.9 Å². The Morgan fingerprint density at radius 3 is 2.71 bits per heavy atom. The minimum Gasteiger partial charge on any atom is -0.462 e. The molecule has 2 heterocycles. The predicted molar refractivity (Wildman–Crippen MR) is 110 cm³/mol. The zero-order valence-corrected chi connectivity index (χ0v) is 15.8. The number of ether oxygens (including phenoxy) is 1. The monoisotopic (exact) mass is 392 g/mol. The molecule has 4 rings (SSSR count). The van der Waals surface area contributed by atoms with E-state index < -0.39 is 0 Å². The highest BCUT2D eigenvalue weighted by Crippen LogP contribution is 2.29. The van der Waals surface area contributed by atoms with E-state index in [2.05, 4.69) is 20.3 Å². The van der Waals surface area contributed by atoms with E-state index >= 15 is 0 Å². The Balaban J connectivity index is 1.65. The summed E-state index contributed by atoms with van der Waals surface area (Å²) in [4.78, 5) is 23.8. The molecule has 0 radical (unpaired) electrons. The summed E-state index contributed by atoms with van der Waals surface area (Å²) in [5, 5.41) is 4.77. The number of aromatic amines is 1. The number of benzene rings is 2. The van der Waals surface area contributed by atoms with Crippen LogP contribution in [0, 0.1) is 0 Å². The predicted octanol–water partition coefficient (Wildman–Crippen LogP) is 5.20. The van der Waals surface area contributed by atoms with Gasteiger partial charge in [-0.2, -0.15) is 0 Å². The Hall–Kier alpha value is -3.38. The number of hydrogen-bond donors (Lipinski definition) is 2. The SMILES string of the molecule is CCOC(=O)c1ccc(-c2cc3c(Nc4cccc(Cl)c4)ncnc3[nH]2)cc1. The first-order valence-corrected chi connectivity index (χ1v) is 9.15. The van der Waals surface area contributed by atoms with Crippen LogP contribution in [0.1, 0.15) is 17.3 Å². The van der Waals surface area contributed by atoms with Gasteiger partial charge < -0.3 is 15.0 Å². The number of rotatable bonds is 5. The van der Waals surface area contributed by atoms with Crippen LogP contribution in [-0.4, -0.2) is 27.5 Å². The first kappa shape index (κ1) is 18.0. The smallest absolute Gasteiger partial charge is 0.338 e. The van der Waals surface area contributed by atoms with Crippen LogP contribution in [0.3, 0.4) is 0 Å². The second-order valence-corrected chi connectivity index (χ2v) is 6.54. The van der Waals surface area contributed by atoms with Gasteiger partial charge in [-0.15, -0.1) is 0 Å². The van der Waals surface area contributed by atoms with Crippen molar-refractivity contribution in [1.82, 2.24) is 15.0 Å². The van der Waals surface area contributed by atoms with Gasteiger partial charge in [-0.25, -0.2) is 14.8 Å². The molecule has 0 bridgehead atoms. The van der Waals surface area contributed by atoms with Crippen LogP contribution in [0.2, 0.25) is 5.02 Å². The van der Waals surface area contributed by atoms with E-state index in [0.29, 0.717) is 28.7 Å². The third-order valence-corrected chi connectivity index (χ3v) is 4.46. The Labute approximate surface area is 166 Å². The third-order valence-electron chi connectivity index (χ3n) is 4.22. The van der Waals surface area contributed by atoms with Crippen LogP contribution in [-0.2, 0) is 4.74 Å². The number of esters is 1. The summed E-state index contributed by atoms with van der Waals surface area (Å²) in [6.45, 7) is 2.14. The Bertz CT molecular complexity index is 1140. The van der Waals surface area contributed by atoms with Crippen molar-refractivity contribution < 1.29 is 9.53 Å². The van der Waals surface area contributed by atoms with Gasteiger partial charge in [-0.3, -0.25) is 0 Å². The maximum absolute atomic E-state index is 11.8. The normalized spacial score (nSPS) is 10.8. The van der Waals surface area contributed by atoms with E-state index in [4.69, 9.17) is 16.3 Å². The molecular weight excluding hydrogens is 376 g/mol. The van der Waals surface area contributed by atoms with Crippen molar-refractivity contribution >= 4 is 40.1 Å². The zero-order chi connectivity index (χ0) is 19.5. The molecule has 0 atom stereocenters. The summed E-state index contributed by atoms with van der Waals surface area (Å²) >= 11 is 6.06. The second-order valence-electron chi connectivity index (χ2n) is 6.10. The number of hydrogen-bond acceptors (Lipinski definition) is 5. The quantitative estimate of drug-likeness (QED) is 0.456. The fourth-order valence-corrected chi connectivity index (χ4v) is 3.09. The van der Waals surface area contributed by atoms with Gasteiger partial charge in [0.1, 0.15) is 17.8 Å². The van der Waals surface area contributed by atoms with Gasteiger partial charge in [0, 0.05) is 16.4 Å². The van der Waals surface area contributed by atoms with Crippen molar-refractivity contribution in [3.8, 4) is 11.3 Å². The lowest BCUT2D eigenvalue weighted by atomic mass is 10.1. The van der Waals surface area contributed by atoms with E-state index in [-0.39, 0.29) is 5.97 Å². The highest BCUT2D eigenvalue weighted by atomic mass is 35.5. The molecule has 140 valence electrons. The number of fused-ring (bicyclic) bond motifs is 1. The van der Waals surface area contributed by atoms with Crippen molar-refractivity contribution in [2.75, 3.05) is 11.9 Å². The van der Waals surface area contributed by atoms with E-state index in [1.807, 2.05) is 42.5 Å². The van der Waals surface area contributed by atoms with Crippen molar-refractivity contribution in [1.29, 1.82) is 0 Å². The number of H-pyrrole nitrogens is 1. The molecule has 0 saturated carbocycles. The molecule has 0 spiro atoms. The first-order valence-electron chi connectivity index (χ1n) is 8.78. The lowest BCUT2D eigenvalue weighted by Crippen LogP contribution is -2.03. The number of nitrogens with one attached hydrogen (secondary N) is 2. The van der Waals surface area contributed by atoms with Gasteiger partial charge in [0.15, 0.2) is 0 Å². The highest BCUT2D eigenvalue weighted by molar-refractivity contribution is 6.30. The van der Waals surface area contributed by atoms with Gasteiger partial charge in [0.2, 0.25) is 0 Å². The van der Waals surface area contributed by atoms with Gasteiger partial charge in [0.25, 0.3) is 0 Å². The van der Waals surface area contributed by atoms with E-state index in [1.54, 1.807) is 19.1 Å². The summed E-state index contributed by atoms with van der Waals surface area (Å²) < 4.78 is 5.02. The molecule has 4 aromatic rings. The summed E-state index contributed by atoms with van der Waals surface area (Å²) in [5.74, 6) is 0.350. The number of halogens is 1. The molecule has 0 aliphatic carbocycles. The van der Waals surface area contributed by atoms with Crippen molar-refractivity contribution in [2.45, 2.75) is 6.92 Å². The zero-order valence-electron chi connectivity index (χ0n) is 15.1. The largest absolute Gasteiger partial charge is 0.462 e. The van der Waals surface area contributed by atoms with Crippen LogP contribution in [0.15, 0.2) is 60.9 Å². The molecule has 2 aromatic carbocycles. The molecule has 0 amide bonds. The van der Waals surface area contributed by atoms with Gasteiger partial charge in [-0.1, -0.05) is 29.8 Å². The van der Waals surface area contributed by atoms with Crippen LogP contribution >= 0.6 is 11.6 Å². The molecule has 0 aliphatic rings. The maximum atomic E-state index is 11.8. The molecule has 0 aliphatic heterocycles. The molecule has 0 saturated heterocycles. The lowest BCUT2D eigenvalue weighted by Gasteiger charge is -2.06. The van der Waals surface area contributed by atoms with Crippen LogP contribution in [0.5, 0.6) is 0 Å². The summed E-state index contributed by atoms with van der Waals surface area (Å²) in [6.07, 6.45) is 1.50. The molecular formula is C21H17ClN4O2. The molecule has 28 heavy (non-hydrogen) atoms. The Kier molecular flexibility index (Phi) is 4.95. The third kappa shape index (κ3) is 3.68. The minimum absolute atomic E-state index is 0.329. The van der Waals surface area contributed by atoms with Crippen LogP contribution in [0.25, 0.3) is 22.3 Å². The average Bonchev–Trinajstić information content (AvgIpc) is 3.14. The first-order chi connectivity index (χ1) is 13.6. The molecule has 7 heteroatoms. The van der Waals surface area contributed by atoms with E-state index in [1.165, 1.54) is 6.33 Å². The van der Waals surface area contributed by atoms with Gasteiger partial charge in [-0.05, 0) is 48.9 Å². The average molecular weight is 393 g/mol. The fraction of sp³-hybridized carbons (Fsp3) is 0.0952. The highest BCUT2D eigenvalue weighted by Gasteiger charge is 2.11. The number of nitrogens with zero attached hydrogens (tertiary/aromatic N) is 2. The van der Waals surface area contributed by atoms with E-state index in [9.17, 15) is 4.79 Å². The van der Waals surface area contributed by atoms with E-state index in [0.717, 1.165) is 22.3 Å². The number of anilines is 2. The molecule has 2 aromatic heterocycles. The van der Waals surface area contributed by atoms with Crippen molar-refractivity contribution in [3.63, 3.8) is 0 Å². The molecule has 0 unspecified atom stereocenters. The molecule has 6 nitrogen and oxygen atoms in total. The van der Waals surface area contributed by atoms with Crippen molar-refractivity contribution in [2.24, 2.45) is 0 Å². The lowest BCUT2D eigenvalue weighted by molar-refractivity contribution is 0.0526. The number of carbonyl (C=O) groups is 1.